The van der Waals surface area contributed by atoms with Gasteiger partial charge in [-0.05, 0) is 56.5 Å². The number of anilines is 1. The number of rotatable bonds is 11. The van der Waals surface area contributed by atoms with E-state index in [2.05, 4.69) is 15.6 Å². The molecule has 0 bridgehead atoms. The maximum atomic E-state index is 14.0. The Morgan fingerprint density at radius 1 is 1.11 bits per heavy atom. The van der Waals surface area contributed by atoms with Crippen LogP contribution >= 0.6 is 0 Å². The second-order valence-electron chi connectivity index (χ2n) is 12.0. The van der Waals surface area contributed by atoms with Gasteiger partial charge in [-0.15, -0.1) is 0 Å². The summed E-state index contributed by atoms with van der Waals surface area (Å²) in [6.07, 6.45) is 3.31. The van der Waals surface area contributed by atoms with Crippen LogP contribution in [-0.4, -0.2) is 75.1 Å². The highest BCUT2D eigenvalue weighted by atomic mass is 16.6. The molecule has 0 saturated carbocycles. The molecular formula is C33H42N6O6. The van der Waals surface area contributed by atoms with Gasteiger partial charge < -0.3 is 34.5 Å². The molecule has 0 spiro atoms. The molecule has 2 N–H and O–H groups in total. The molecule has 1 atom stereocenters. The number of carbonyl (C=O) groups excluding carboxylic acids is 4. The Bertz CT molecular complexity index is 1500. The van der Waals surface area contributed by atoms with E-state index >= 15 is 0 Å². The molecule has 240 valence electrons. The zero-order valence-electron chi connectivity index (χ0n) is 26.5. The van der Waals surface area contributed by atoms with Crippen molar-refractivity contribution in [1.29, 1.82) is 0 Å². The van der Waals surface area contributed by atoms with Crippen molar-refractivity contribution in [2.45, 2.75) is 64.9 Å². The lowest BCUT2D eigenvalue weighted by Crippen LogP contribution is -2.43. The molecule has 2 aromatic carbocycles. The first-order valence-electron chi connectivity index (χ1n) is 14.9. The van der Waals surface area contributed by atoms with Crippen molar-refractivity contribution in [3.63, 3.8) is 0 Å². The Labute approximate surface area is 263 Å². The van der Waals surface area contributed by atoms with Crippen LogP contribution < -0.4 is 10.6 Å². The van der Waals surface area contributed by atoms with Crippen LogP contribution in [0.1, 0.15) is 60.9 Å². The molecule has 12 nitrogen and oxygen atoms in total. The lowest BCUT2D eigenvalue weighted by atomic mass is 10.1. The lowest BCUT2D eigenvalue weighted by Gasteiger charge is -2.25. The minimum absolute atomic E-state index is 0.156. The summed E-state index contributed by atoms with van der Waals surface area (Å²) >= 11 is 0. The van der Waals surface area contributed by atoms with E-state index in [1.807, 2.05) is 48.1 Å². The average molecular weight is 619 g/mol. The highest BCUT2D eigenvalue weighted by Gasteiger charge is 2.32. The fourth-order valence-corrected chi connectivity index (χ4v) is 5.01. The summed E-state index contributed by atoms with van der Waals surface area (Å²) in [6.45, 7) is 6.87. The van der Waals surface area contributed by atoms with Gasteiger partial charge in [-0.2, -0.15) is 0 Å². The van der Waals surface area contributed by atoms with E-state index in [-0.39, 0.29) is 24.8 Å². The van der Waals surface area contributed by atoms with Gasteiger partial charge in [0.25, 0.3) is 5.91 Å². The van der Waals surface area contributed by atoms with Gasteiger partial charge in [-0.3, -0.25) is 14.4 Å². The zero-order chi connectivity index (χ0) is 32.6. The Morgan fingerprint density at radius 2 is 1.87 bits per heavy atom. The van der Waals surface area contributed by atoms with E-state index in [4.69, 9.17) is 9.47 Å². The summed E-state index contributed by atoms with van der Waals surface area (Å²) in [6, 6.07) is 14.2. The van der Waals surface area contributed by atoms with E-state index in [0.717, 1.165) is 17.0 Å². The molecule has 0 saturated heterocycles. The van der Waals surface area contributed by atoms with Crippen LogP contribution in [0.2, 0.25) is 0 Å². The molecule has 0 radical (unpaired) electrons. The number of nitrogens with zero attached hydrogens (tertiary/aromatic N) is 4. The fourth-order valence-electron chi connectivity index (χ4n) is 5.01. The molecule has 0 fully saturated rings. The van der Waals surface area contributed by atoms with Crippen LogP contribution in [0.4, 0.5) is 10.5 Å². The molecule has 2 heterocycles. The van der Waals surface area contributed by atoms with Gasteiger partial charge >= 0.3 is 12.1 Å². The third kappa shape index (κ3) is 9.31. The minimum Gasteiger partial charge on any atom is -0.469 e. The number of hydrogen-bond acceptors (Lipinski definition) is 8. The monoisotopic (exact) mass is 618 g/mol. The van der Waals surface area contributed by atoms with Gasteiger partial charge in [0, 0.05) is 56.9 Å². The van der Waals surface area contributed by atoms with Gasteiger partial charge in [-0.1, -0.05) is 30.3 Å². The lowest BCUT2D eigenvalue weighted by molar-refractivity contribution is -0.144. The summed E-state index contributed by atoms with van der Waals surface area (Å²) in [4.78, 5) is 59.6. The van der Waals surface area contributed by atoms with Gasteiger partial charge in [0.05, 0.1) is 20.1 Å². The molecule has 3 amide bonds. The van der Waals surface area contributed by atoms with Gasteiger partial charge in [-0.25, -0.2) is 9.78 Å². The first-order valence-corrected chi connectivity index (χ1v) is 14.9. The standard InChI is InChI=1S/C33H42N6O6/c1-33(2,3)45-32(43)35-14-9-16-38-21-25-18-24(12-13-26(25)36-27(31(38)42)19-29(40)44-5)30(41)39(20-23-10-7-6-8-11-23)22-28-34-15-17-37(28)4/h6-8,10-13,15,17-18,27,36H,9,14,16,19-22H2,1-5H3,(H,35,43)/t27-/m1/s1. The van der Waals surface area contributed by atoms with Crippen molar-refractivity contribution < 1.29 is 28.7 Å². The van der Waals surface area contributed by atoms with Crippen molar-refractivity contribution in [3.05, 3.63) is 83.4 Å². The molecule has 3 aromatic rings. The predicted molar refractivity (Wildman–Crippen MR) is 168 cm³/mol. The molecule has 1 aliphatic rings. The summed E-state index contributed by atoms with van der Waals surface area (Å²) in [5, 5.41) is 5.91. The Hall–Kier alpha value is -4.87. The van der Waals surface area contributed by atoms with Crippen LogP contribution in [0.15, 0.2) is 60.9 Å². The number of fused-ring (bicyclic) bond motifs is 1. The summed E-state index contributed by atoms with van der Waals surface area (Å²) in [5.41, 5.74) is 2.22. The van der Waals surface area contributed by atoms with E-state index in [9.17, 15) is 19.2 Å². The quantitative estimate of drug-likeness (QED) is 0.244. The van der Waals surface area contributed by atoms with Crippen molar-refractivity contribution in [3.8, 4) is 0 Å². The summed E-state index contributed by atoms with van der Waals surface area (Å²) in [7, 11) is 3.17. The number of alkyl carbamates (subject to hydrolysis) is 1. The SMILES string of the molecule is COC(=O)C[C@H]1Nc2ccc(C(=O)N(Cc3ccccc3)Cc3nccn3C)cc2CN(CCCNC(=O)OC(C)(C)C)C1=O. The first kappa shape index (κ1) is 33.0. The third-order valence-electron chi connectivity index (χ3n) is 7.28. The van der Waals surface area contributed by atoms with Crippen LogP contribution in [0.3, 0.4) is 0 Å². The number of hydrogen-bond donors (Lipinski definition) is 2. The first-order chi connectivity index (χ1) is 21.4. The highest BCUT2D eigenvalue weighted by molar-refractivity contribution is 5.96. The second-order valence-corrected chi connectivity index (χ2v) is 12.0. The van der Waals surface area contributed by atoms with E-state index in [1.54, 1.807) is 55.0 Å². The Kier molecular flexibility index (Phi) is 10.8. The fraction of sp³-hybridized carbons (Fsp3) is 0.424. The smallest absolute Gasteiger partial charge is 0.407 e. The number of methoxy groups -OCH3 is 1. The Balaban J connectivity index is 1.56. The molecule has 0 unspecified atom stereocenters. The third-order valence-corrected chi connectivity index (χ3v) is 7.28. The van der Waals surface area contributed by atoms with Crippen LogP contribution in [0, 0.1) is 0 Å². The molecule has 12 heteroatoms. The number of imidazole rings is 1. The number of aryl methyl sites for hydroxylation is 1. The molecule has 45 heavy (non-hydrogen) atoms. The van der Waals surface area contributed by atoms with E-state index < -0.39 is 23.7 Å². The number of esters is 1. The van der Waals surface area contributed by atoms with Crippen LogP contribution in [0.25, 0.3) is 0 Å². The highest BCUT2D eigenvalue weighted by Crippen LogP contribution is 2.27. The van der Waals surface area contributed by atoms with Crippen LogP contribution in [-0.2, 0) is 45.7 Å². The van der Waals surface area contributed by atoms with Gasteiger partial charge in [0.1, 0.15) is 17.5 Å². The summed E-state index contributed by atoms with van der Waals surface area (Å²) in [5.74, 6) is -0.228. The zero-order valence-corrected chi connectivity index (χ0v) is 26.5. The number of ether oxygens (including phenoxy) is 2. The number of carbonyl (C=O) groups is 4. The topological polar surface area (TPSA) is 135 Å². The van der Waals surface area contributed by atoms with Crippen molar-refractivity contribution in [1.82, 2.24) is 24.7 Å². The van der Waals surface area contributed by atoms with E-state index in [1.165, 1.54) is 7.11 Å². The van der Waals surface area contributed by atoms with Crippen molar-refractivity contribution in [2.75, 3.05) is 25.5 Å². The minimum atomic E-state index is -0.850. The molecule has 0 aliphatic carbocycles. The maximum absolute atomic E-state index is 14.0. The van der Waals surface area contributed by atoms with Crippen molar-refractivity contribution in [2.24, 2.45) is 7.05 Å². The summed E-state index contributed by atoms with van der Waals surface area (Å²) < 4.78 is 12.0. The van der Waals surface area contributed by atoms with E-state index in [0.29, 0.717) is 43.9 Å². The number of benzene rings is 2. The Morgan fingerprint density at radius 3 is 2.53 bits per heavy atom. The van der Waals surface area contributed by atoms with Crippen molar-refractivity contribution >= 4 is 29.6 Å². The largest absolute Gasteiger partial charge is 0.469 e. The number of amides is 3. The van der Waals surface area contributed by atoms with Crippen LogP contribution in [0.5, 0.6) is 0 Å². The molecule has 1 aliphatic heterocycles. The predicted octanol–water partition coefficient (Wildman–Crippen LogP) is 3.86. The maximum Gasteiger partial charge on any atom is 0.407 e. The molecular weight excluding hydrogens is 576 g/mol. The normalized spacial score (nSPS) is 14.6. The van der Waals surface area contributed by atoms with Gasteiger partial charge in [0.15, 0.2) is 0 Å². The number of nitrogens with one attached hydrogen (secondary N) is 2. The average Bonchev–Trinajstić information content (AvgIpc) is 3.35. The molecule has 1 aromatic heterocycles. The number of aromatic nitrogens is 2. The molecule has 4 rings (SSSR count). The second kappa shape index (κ2) is 14.7. The van der Waals surface area contributed by atoms with Gasteiger partial charge in [0.2, 0.25) is 5.91 Å².